The second kappa shape index (κ2) is 10.6. The standard InChI is InChI=1S/C21H21ClN4O6S/c22-17-4-8-19(9-5-17)33(31,32)25-13-11-24(12-14-25)21(28)15-23-20(27)10-3-16-1-6-18(7-2-16)26(29)30/h1-10H,11-15H2,(H,23,27). The summed E-state index contributed by atoms with van der Waals surface area (Å²) in [5.41, 5.74) is 0.545. The van der Waals surface area contributed by atoms with Gasteiger partial charge in [0.1, 0.15) is 0 Å². The molecule has 0 saturated carbocycles. The number of sulfonamides is 1. The smallest absolute Gasteiger partial charge is 0.269 e. The lowest BCUT2D eigenvalue weighted by Crippen LogP contribution is -2.52. The van der Waals surface area contributed by atoms with E-state index in [1.165, 1.54) is 69.9 Å². The van der Waals surface area contributed by atoms with Crippen LogP contribution in [0.25, 0.3) is 6.08 Å². The molecule has 2 amide bonds. The van der Waals surface area contributed by atoms with Crippen LogP contribution in [0.1, 0.15) is 5.56 Å². The number of amides is 2. The Balaban J connectivity index is 1.46. The highest BCUT2D eigenvalue weighted by Gasteiger charge is 2.30. The lowest BCUT2D eigenvalue weighted by Gasteiger charge is -2.34. The molecule has 1 aliphatic heterocycles. The first kappa shape index (κ1) is 24.4. The molecule has 0 unspecified atom stereocenters. The minimum atomic E-state index is -3.67. The van der Waals surface area contributed by atoms with Crippen molar-refractivity contribution in [2.45, 2.75) is 4.90 Å². The molecule has 0 atom stereocenters. The topological polar surface area (TPSA) is 130 Å². The van der Waals surface area contributed by atoms with Crippen LogP contribution in [0.15, 0.2) is 59.5 Å². The largest absolute Gasteiger partial charge is 0.343 e. The predicted octanol–water partition coefficient (Wildman–Crippen LogP) is 1.91. The fourth-order valence-electron chi connectivity index (χ4n) is 3.15. The highest BCUT2D eigenvalue weighted by atomic mass is 35.5. The van der Waals surface area contributed by atoms with E-state index >= 15 is 0 Å². The Morgan fingerprint density at radius 1 is 1.03 bits per heavy atom. The van der Waals surface area contributed by atoms with Crippen molar-refractivity contribution in [1.29, 1.82) is 0 Å². The molecular formula is C21H21ClN4O6S. The van der Waals surface area contributed by atoms with E-state index in [0.29, 0.717) is 10.6 Å². The lowest BCUT2D eigenvalue weighted by molar-refractivity contribution is -0.384. The number of carbonyl (C=O) groups is 2. The van der Waals surface area contributed by atoms with E-state index in [2.05, 4.69) is 5.32 Å². The van der Waals surface area contributed by atoms with Crippen LogP contribution in [0.2, 0.25) is 5.02 Å². The lowest BCUT2D eigenvalue weighted by atomic mass is 10.2. The number of rotatable bonds is 7. The number of benzene rings is 2. The van der Waals surface area contributed by atoms with Crippen LogP contribution in [0, 0.1) is 10.1 Å². The van der Waals surface area contributed by atoms with Gasteiger partial charge >= 0.3 is 0 Å². The number of nitrogens with one attached hydrogen (secondary N) is 1. The highest BCUT2D eigenvalue weighted by Crippen LogP contribution is 2.20. The quantitative estimate of drug-likeness (QED) is 0.357. The van der Waals surface area contributed by atoms with Crippen LogP contribution < -0.4 is 5.32 Å². The van der Waals surface area contributed by atoms with Crippen LogP contribution in [0.3, 0.4) is 0 Å². The van der Waals surface area contributed by atoms with Crippen molar-refractivity contribution >= 4 is 45.2 Å². The Kier molecular flexibility index (Phi) is 7.79. The molecule has 174 valence electrons. The molecule has 1 fully saturated rings. The summed E-state index contributed by atoms with van der Waals surface area (Å²) in [5.74, 6) is -0.818. The number of hydrogen-bond acceptors (Lipinski definition) is 6. The summed E-state index contributed by atoms with van der Waals surface area (Å²) >= 11 is 5.81. The third kappa shape index (κ3) is 6.37. The summed E-state index contributed by atoms with van der Waals surface area (Å²) < 4.78 is 26.7. The summed E-state index contributed by atoms with van der Waals surface area (Å²) in [4.78, 5) is 36.1. The summed E-state index contributed by atoms with van der Waals surface area (Å²) in [6, 6.07) is 11.6. The van der Waals surface area contributed by atoms with Gasteiger partial charge in [0.25, 0.3) is 5.69 Å². The Hall–Kier alpha value is -3.28. The van der Waals surface area contributed by atoms with Gasteiger partial charge < -0.3 is 10.2 Å². The molecule has 0 aromatic heterocycles. The van der Waals surface area contributed by atoms with Crippen molar-refractivity contribution in [3.8, 4) is 0 Å². The predicted molar refractivity (Wildman–Crippen MR) is 122 cm³/mol. The zero-order valence-electron chi connectivity index (χ0n) is 17.4. The molecule has 0 radical (unpaired) electrons. The summed E-state index contributed by atoms with van der Waals surface area (Å²) in [6.07, 6.45) is 2.70. The van der Waals surface area contributed by atoms with E-state index in [1.807, 2.05) is 0 Å². The van der Waals surface area contributed by atoms with Crippen molar-refractivity contribution < 1.29 is 22.9 Å². The molecule has 0 bridgehead atoms. The van der Waals surface area contributed by atoms with Gasteiger partial charge in [0.15, 0.2) is 0 Å². The maximum absolute atomic E-state index is 12.7. The monoisotopic (exact) mass is 492 g/mol. The Labute approximate surface area is 195 Å². The van der Waals surface area contributed by atoms with E-state index in [0.717, 1.165) is 0 Å². The second-order valence-corrected chi connectivity index (χ2v) is 9.51. The molecule has 33 heavy (non-hydrogen) atoms. The maximum atomic E-state index is 12.7. The van der Waals surface area contributed by atoms with E-state index in [1.54, 1.807) is 0 Å². The van der Waals surface area contributed by atoms with Gasteiger partial charge in [0.05, 0.1) is 16.4 Å². The van der Waals surface area contributed by atoms with Crippen molar-refractivity contribution in [3.63, 3.8) is 0 Å². The highest BCUT2D eigenvalue weighted by molar-refractivity contribution is 7.89. The van der Waals surface area contributed by atoms with Gasteiger partial charge in [-0.3, -0.25) is 19.7 Å². The molecule has 3 rings (SSSR count). The molecule has 2 aromatic rings. The summed E-state index contributed by atoms with van der Waals surface area (Å²) in [5, 5.41) is 13.6. The van der Waals surface area contributed by atoms with Gasteiger partial charge in [-0.25, -0.2) is 8.42 Å². The minimum absolute atomic E-state index is 0.0525. The first-order chi connectivity index (χ1) is 15.7. The molecule has 1 saturated heterocycles. The number of halogens is 1. The molecule has 0 spiro atoms. The average Bonchev–Trinajstić information content (AvgIpc) is 2.81. The fourth-order valence-corrected chi connectivity index (χ4v) is 4.69. The number of nitro groups is 1. The van der Waals surface area contributed by atoms with Gasteiger partial charge in [-0.1, -0.05) is 11.6 Å². The number of carbonyl (C=O) groups excluding carboxylic acids is 2. The number of non-ortho nitro benzene ring substituents is 1. The van der Waals surface area contributed by atoms with E-state index in [4.69, 9.17) is 11.6 Å². The average molecular weight is 493 g/mol. The van der Waals surface area contributed by atoms with Gasteiger partial charge in [0.2, 0.25) is 21.8 Å². The number of hydrogen-bond donors (Lipinski definition) is 1. The van der Waals surface area contributed by atoms with Crippen molar-refractivity contribution in [2.24, 2.45) is 0 Å². The number of nitrogens with zero attached hydrogens (tertiary/aromatic N) is 3. The van der Waals surface area contributed by atoms with Crippen molar-refractivity contribution in [1.82, 2.24) is 14.5 Å². The molecule has 1 N–H and O–H groups in total. The Morgan fingerprint density at radius 2 is 1.64 bits per heavy atom. The van der Waals surface area contributed by atoms with Crippen molar-refractivity contribution in [2.75, 3.05) is 32.7 Å². The summed E-state index contributed by atoms with van der Waals surface area (Å²) in [7, 11) is -3.67. The third-order valence-electron chi connectivity index (χ3n) is 4.99. The van der Waals surface area contributed by atoms with Crippen LogP contribution in [-0.4, -0.2) is 67.1 Å². The summed E-state index contributed by atoms with van der Waals surface area (Å²) in [6.45, 7) is 0.475. The number of piperazine rings is 1. The zero-order chi connectivity index (χ0) is 24.0. The molecule has 2 aromatic carbocycles. The Bertz CT molecular complexity index is 1160. The normalized spacial score (nSPS) is 14.9. The van der Waals surface area contributed by atoms with Crippen LogP contribution >= 0.6 is 11.6 Å². The van der Waals surface area contributed by atoms with Gasteiger partial charge in [-0.2, -0.15) is 4.31 Å². The van der Waals surface area contributed by atoms with Crippen LogP contribution in [0.4, 0.5) is 5.69 Å². The van der Waals surface area contributed by atoms with Gasteiger partial charge in [0, 0.05) is 49.4 Å². The maximum Gasteiger partial charge on any atom is 0.269 e. The molecular weight excluding hydrogens is 472 g/mol. The molecule has 0 aliphatic carbocycles. The number of nitro benzene ring substituents is 1. The molecule has 1 heterocycles. The Morgan fingerprint density at radius 3 is 2.21 bits per heavy atom. The second-order valence-electron chi connectivity index (χ2n) is 7.14. The van der Waals surface area contributed by atoms with Gasteiger partial charge in [-0.15, -0.1) is 0 Å². The molecule has 1 aliphatic rings. The minimum Gasteiger partial charge on any atom is -0.343 e. The first-order valence-corrected chi connectivity index (χ1v) is 11.7. The van der Waals surface area contributed by atoms with Crippen LogP contribution in [-0.2, 0) is 19.6 Å². The zero-order valence-corrected chi connectivity index (χ0v) is 19.0. The first-order valence-electron chi connectivity index (χ1n) is 9.91. The van der Waals surface area contributed by atoms with Gasteiger partial charge in [-0.05, 0) is 48.0 Å². The fraction of sp³-hybridized carbons (Fsp3) is 0.238. The van der Waals surface area contributed by atoms with Crippen LogP contribution in [0.5, 0.6) is 0 Å². The molecule has 10 nitrogen and oxygen atoms in total. The third-order valence-corrected chi connectivity index (χ3v) is 7.15. The van der Waals surface area contributed by atoms with Crippen molar-refractivity contribution in [3.05, 3.63) is 75.3 Å². The molecule has 12 heteroatoms. The van der Waals surface area contributed by atoms with E-state index in [-0.39, 0.29) is 49.2 Å². The SMILES string of the molecule is O=C(C=Cc1ccc([N+](=O)[O-])cc1)NCC(=O)N1CCN(S(=O)(=O)c2ccc(Cl)cc2)CC1. The van der Waals surface area contributed by atoms with E-state index < -0.39 is 20.9 Å². The van der Waals surface area contributed by atoms with E-state index in [9.17, 15) is 28.1 Å².